The Kier molecular flexibility index (Phi) is 6.50. The van der Waals surface area contributed by atoms with Gasteiger partial charge in [-0.25, -0.2) is 4.68 Å². The lowest BCUT2D eigenvalue weighted by Gasteiger charge is -2.12. The van der Waals surface area contributed by atoms with Gasteiger partial charge in [-0.1, -0.05) is 0 Å². The smallest absolute Gasteiger partial charge is 0.251 e. The van der Waals surface area contributed by atoms with Crippen molar-refractivity contribution in [3.8, 4) is 17.2 Å². The first-order valence-electron chi connectivity index (χ1n) is 8.61. The van der Waals surface area contributed by atoms with Crippen molar-refractivity contribution in [2.75, 3.05) is 26.1 Å². The van der Waals surface area contributed by atoms with Crippen LogP contribution in [-0.4, -0.2) is 42.4 Å². The van der Waals surface area contributed by atoms with E-state index in [-0.39, 0.29) is 12.5 Å². The van der Waals surface area contributed by atoms with Gasteiger partial charge in [0.1, 0.15) is 16.0 Å². The van der Waals surface area contributed by atoms with Gasteiger partial charge in [-0.15, -0.1) is 0 Å². The van der Waals surface area contributed by atoms with Crippen LogP contribution in [-0.2, 0) is 4.79 Å². The summed E-state index contributed by atoms with van der Waals surface area (Å²) in [6, 6.07) is 12.2. The fourth-order valence-corrected chi connectivity index (χ4v) is 3.14. The summed E-state index contributed by atoms with van der Waals surface area (Å²) < 4.78 is 12.8. The van der Waals surface area contributed by atoms with Crippen LogP contribution in [0.2, 0.25) is 0 Å². The van der Waals surface area contributed by atoms with Crippen molar-refractivity contribution in [2.24, 2.45) is 0 Å². The van der Waals surface area contributed by atoms with E-state index < -0.39 is 5.91 Å². The van der Waals surface area contributed by atoms with Gasteiger partial charge in [-0.05, 0) is 58.4 Å². The van der Waals surface area contributed by atoms with E-state index in [0.717, 1.165) is 5.69 Å². The largest absolute Gasteiger partial charge is 0.495 e. The van der Waals surface area contributed by atoms with E-state index in [0.29, 0.717) is 27.2 Å². The number of amides is 2. The molecule has 0 radical (unpaired) electrons. The molecule has 0 saturated heterocycles. The summed E-state index contributed by atoms with van der Waals surface area (Å²) in [5.74, 6) is 0.145. The van der Waals surface area contributed by atoms with Crippen molar-refractivity contribution >= 4 is 33.4 Å². The number of hydrogen-bond donors (Lipinski definition) is 2. The number of carbonyl (C=O) groups excluding carboxylic acids is 2. The molecule has 0 bridgehead atoms. The molecule has 0 atom stereocenters. The first-order valence-corrected chi connectivity index (χ1v) is 9.40. The number of ether oxygens (including phenoxy) is 2. The average Bonchev–Trinajstić information content (AvgIpc) is 3.27. The molecule has 29 heavy (non-hydrogen) atoms. The van der Waals surface area contributed by atoms with E-state index in [2.05, 4.69) is 31.7 Å². The van der Waals surface area contributed by atoms with Crippen LogP contribution >= 0.6 is 15.9 Å². The summed E-state index contributed by atoms with van der Waals surface area (Å²) in [5, 5.41) is 9.46. The normalized spacial score (nSPS) is 10.3. The second-order valence-corrected chi connectivity index (χ2v) is 6.72. The Bertz CT molecular complexity index is 979. The Balaban J connectivity index is 1.58. The fourth-order valence-electron chi connectivity index (χ4n) is 2.59. The fraction of sp³-hybridized carbons (Fsp3) is 0.150. The standard InChI is InChI=1S/C20H19BrN4O4/c1-28-16-10-13(11-17(29-2)19(16)21)20(27)22-12-18(26)24-14-4-6-15(7-5-14)25-9-3-8-23-25/h3-11H,12H2,1-2H3,(H,22,27)(H,24,26). The maximum absolute atomic E-state index is 12.4. The van der Waals surface area contributed by atoms with Crippen LogP contribution < -0.4 is 20.1 Å². The first kappa shape index (κ1) is 20.4. The molecule has 3 rings (SSSR count). The Labute approximate surface area is 175 Å². The minimum absolute atomic E-state index is 0.180. The van der Waals surface area contributed by atoms with E-state index in [9.17, 15) is 9.59 Å². The lowest BCUT2D eigenvalue weighted by molar-refractivity contribution is -0.115. The summed E-state index contributed by atoms with van der Waals surface area (Å²) in [4.78, 5) is 24.6. The summed E-state index contributed by atoms with van der Waals surface area (Å²) in [6.45, 7) is -0.180. The second kappa shape index (κ2) is 9.24. The van der Waals surface area contributed by atoms with Crippen molar-refractivity contribution in [3.05, 3.63) is 64.9 Å². The van der Waals surface area contributed by atoms with E-state index in [4.69, 9.17) is 9.47 Å². The van der Waals surface area contributed by atoms with E-state index in [1.165, 1.54) is 14.2 Å². The Hall–Kier alpha value is -3.33. The topological polar surface area (TPSA) is 94.5 Å². The molecule has 2 amide bonds. The molecule has 1 aromatic heterocycles. The van der Waals surface area contributed by atoms with Crippen LogP contribution in [0.25, 0.3) is 5.69 Å². The minimum Gasteiger partial charge on any atom is -0.495 e. The minimum atomic E-state index is -0.418. The number of nitrogens with one attached hydrogen (secondary N) is 2. The quantitative estimate of drug-likeness (QED) is 0.567. The SMILES string of the molecule is COc1cc(C(=O)NCC(=O)Nc2ccc(-n3cccn3)cc2)cc(OC)c1Br. The second-order valence-electron chi connectivity index (χ2n) is 5.92. The monoisotopic (exact) mass is 458 g/mol. The van der Waals surface area contributed by atoms with Crippen LogP contribution in [0.5, 0.6) is 11.5 Å². The summed E-state index contributed by atoms with van der Waals surface area (Å²) in [6.07, 6.45) is 3.52. The molecule has 150 valence electrons. The number of benzene rings is 2. The van der Waals surface area contributed by atoms with E-state index >= 15 is 0 Å². The average molecular weight is 459 g/mol. The number of methoxy groups -OCH3 is 2. The van der Waals surface area contributed by atoms with Crippen molar-refractivity contribution in [1.29, 1.82) is 0 Å². The predicted molar refractivity (Wildman–Crippen MR) is 112 cm³/mol. The number of anilines is 1. The van der Waals surface area contributed by atoms with Gasteiger partial charge in [0, 0.05) is 23.6 Å². The molecule has 0 spiro atoms. The van der Waals surface area contributed by atoms with Crippen LogP contribution in [0.15, 0.2) is 59.3 Å². The summed E-state index contributed by atoms with van der Waals surface area (Å²) in [5.41, 5.74) is 1.81. The molecule has 0 aliphatic rings. The Morgan fingerprint density at radius 1 is 1.10 bits per heavy atom. The molecule has 3 aromatic rings. The van der Waals surface area contributed by atoms with Gasteiger partial charge in [-0.3, -0.25) is 9.59 Å². The lowest BCUT2D eigenvalue weighted by atomic mass is 10.2. The Morgan fingerprint density at radius 3 is 2.31 bits per heavy atom. The van der Waals surface area contributed by atoms with Gasteiger partial charge in [-0.2, -0.15) is 5.10 Å². The van der Waals surface area contributed by atoms with Crippen LogP contribution in [0, 0.1) is 0 Å². The third-order valence-electron chi connectivity index (χ3n) is 4.04. The van der Waals surface area contributed by atoms with E-state index in [1.54, 1.807) is 35.1 Å². The molecule has 0 aliphatic heterocycles. The maximum atomic E-state index is 12.4. The zero-order valence-electron chi connectivity index (χ0n) is 15.8. The van der Waals surface area contributed by atoms with Crippen molar-refractivity contribution in [2.45, 2.75) is 0 Å². The number of carbonyl (C=O) groups is 2. The molecule has 1 heterocycles. The third-order valence-corrected chi connectivity index (χ3v) is 4.82. The number of hydrogen-bond acceptors (Lipinski definition) is 5. The molecule has 0 unspecified atom stereocenters. The molecule has 0 aliphatic carbocycles. The molecular formula is C20H19BrN4O4. The molecular weight excluding hydrogens is 440 g/mol. The van der Waals surface area contributed by atoms with Gasteiger partial charge < -0.3 is 20.1 Å². The first-order chi connectivity index (χ1) is 14.0. The molecule has 8 nitrogen and oxygen atoms in total. The molecule has 0 fully saturated rings. The summed E-state index contributed by atoms with van der Waals surface area (Å²) in [7, 11) is 2.98. The highest BCUT2D eigenvalue weighted by molar-refractivity contribution is 9.10. The van der Waals surface area contributed by atoms with Gasteiger partial charge >= 0.3 is 0 Å². The molecule has 2 N–H and O–H groups in total. The van der Waals surface area contributed by atoms with Crippen LogP contribution in [0.1, 0.15) is 10.4 Å². The molecule has 9 heteroatoms. The zero-order valence-corrected chi connectivity index (χ0v) is 17.4. The third kappa shape index (κ3) is 4.94. The predicted octanol–water partition coefficient (Wildman–Crippen LogP) is 3.02. The van der Waals surface area contributed by atoms with E-state index in [1.807, 2.05) is 24.4 Å². The van der Waals surface area contributed by atoms with Gasteiger partial charge in [0.15, 0.2) is 0 Å². The van der Waals surface area contributed by atoms with Crippen molar-refractivity contribution in [3.63, 3.8) is 0 Å². The molecule has 2 aromatic carbocycles. The highest BCUT2D eigenvalue weighted by Gasteiger charge is 2.15. The number of halogens is 1. The summed E-state index contributed by atoms with van der Waals surface area (Å²) >= 11 is 3.35. The maximum Gasteiger partial charge on any atom is 0.251 e. The molecule has 0 saturated carbocycles. The zero-order chi connectivity index (χ0) is 20.8. The number of nitrogens with zero attached hydrogens (tertiary/aromatic N) is 2. The van der Waals surface area contributed by atoms with Gasteiger partial charge in [0.05, 0.1) is 26.5 Å². The number of rotatable bonds is 7. The van der Waals surface area contributed by atoms with Crippen LogP contribution in [0.4, 0.5) is 5.69 Å². The highest BCUT2D eigenvalue weighted by Crippen LogP contribution is 2.35. The van der Waals surface area contributed by atoms with Gasteiger partial charge in [0.25, 0.3) is 5.91 Å². The van der Waals surface area contributed by atoms with Crippen molar-refractivity contribution < 1.29 is 19.1 Å². The number of aromatic nitrogens is 2. The van der Waals surface area contributed by atoms with Gasteiger partial charge in [0.2, 0.25) is 5.91 Å². The van der Waals surface area contributed by atoms with Crippen molar-refractivity contribution in [1.82, 2.24) is 15.1 Å². The van der Waals surface area contributed by atoms with Crippen LogP contribution in [0.3, 0.4) is 0 Å². The Morgan fingerprint density at radius 2 is 1.76 bits per heavy atom. The highest BCUT2D eigenvalue weighted by atomic mass is 79.9. The lowest BCUT2D eigenvalue weighted by Crippen LogP contribution is -2.32.